The van der Waals surface area contributed by atoms with Crippen LogP contribution in [0.25, 0.3) is 0 Å². The van der Waals surface area contributed by atoms with Crippen LogP contribution in [0.15, 0.2) is 53.5 Å². The van der Waals surface area contributed by atoms with E-state index in [0.29, 0.717) is 35.5 Å². The molecular weight excluding hydrogens is 486 g/mol. The van der Waals surface area contributed by atoms with Gasteiger partial charge in [-0.15, -0.1) is 0 Å². The Morgan fingerprint density at radius 1 is 1.17 bits per heavy atom. The van der Waals surface area contributed by atoms with Crippen molar-refractivity contribution in [2.45, 2.75) is 32.0 Å². The number of likely N-dealkylation sites (tertiary alicyclic amines) is 1. The summed E-state index contributed by atoms with van der Waals surface area (Å²) >= 11 is 11.9. The van der Waals surface area contributed by atoms with Crippen molar-refractivity contribution in [1.29, 1.82) is 0 Å². The van der Waals surface area contributed by atoms with E-state index in [1.165, 1.54) is 0 Å². The number of thiocarbonyl (C=S) groups is 1. The summed E-state index contributed by atoms with van der Waals surface area (Å²) in [5.41, 5.74) is 3.02. The summed E-state index contributed by atoms with van der Waals surface area (Å²) in [4.78, 5) is 33.4. The number of hydrogen-bond donors (Lipinski definition) is 2. The molecule has 2 amide bonds. The second kappa shape index (κ2) is 11.0. The molecule has 2 heterocycles. The van der Waals surface area contributed by atoms with Gasteiger partial charge in [0, 0.05) is 42.3 Å². The molecule has 1 atom stereocenters. The lowest BCUT2D eigenvalue weighted by atomic mass is 10.0. The lowest BCUT2D eigenvalue weighted by molar-refractivity contribution is -0.119. The van der Waals surface area contributed by atoms with Crippen molar-refractivity contribution < 1.29 is 14.3 Å². The molecule has 0 bridgehead atoms. The summed E-state index contributed by atoms with van der Waals surface area (Å²) < 4.78 is 5.08. The zero-order valence-electron chi connectivity index (χ0n) is 19.7. The Morgan fingerprint density at radius 2 is 1.89 bits per heavy atom. The first-order chi connectivity index (χ1) is 16.9. The normalized spacial score (nSPS) is 18.3. The number of carbonyl (C=O) groups is 2. The number of likely N-dealkylation sites (N-methyl/N-ethyl adjacent to an activating group) is 1. The van der Waals surface area contributed by atoms with Crippen LogP contribution in [0.5, 0.6) is 0 Å². The molecule has 0 spiro atoms. The molecule has 10 heteroatoms. The van der Waals surface area contributed by atoms with Crippen LogP contribution in [0.3, 0.4) is 0 Å². The van der Waals surface area contributed by atoms with Gasteiger partial charge in [0.25, 0.3) is 5.91 Å². The van der Waals surface area contributed by atoms with Gasteiger partial charge in [-0.25, -0.2) is 9.79 Å². The van der Waals surface area contributed by atoms with E-state index < -0.39 is 6.17 Å². The SMILES string of the molecule is CCOC(=O)N1CCC(NC(=S)NC2N=C(c3ccccc3)c3cc(Cl)ccc3N(C)C2=O)CC1. The standard InChI is InChI=1S/C25H28ClN5O3S/c1-3-34-25(33)31-13-11-18(12-14-31)27-24(35)29-22-23(32)30(2)20-10-9-17(26)15-19(20)21(28-22)16-7-5-4-6-8-16/h4-10,15,18,22H,3,11-14H2,1-2H3,(H2,27,29,35). The molecule has 2 aliphatic rings. The van der Waals surface area contributed by atoms with Crippen LogP contribution < -0.4 is 15.5 Å². The van der Waals surface area contributed by atoms with Gasteiger partial charge >= 0.3 is 6.09 Å². The van der Waals surface area contributed by atoms with Crippen LogP contribution in [0.2, 0.25) is 5.02 Å². The number of nitrogens with zero attached hydrogens (tertiary/aromatic N) is 3. The molecule has 2 aliphatic heterocycles. The molecule has 1 fully saturated rings. The van der Waals surface area contributed by atoms with Crippen LogP contribution in [-0.2, 0) is 9.53 Å². The van der Waals surface area contributed by atoms with Crippen molar-refractivity contribution in [1.82, 2.24) is 15.5 Å². The predicted molar refractivity (Wildman–Crippen MR) is 141 cm³/mol. The first kappa shape index (κ1) is 24.9. The van der Waals surface area contributed by atoms with Crippen LogP contribution in [0.4, 0.5) is 10.5 Å². The number of benzodiazepines with no additional fused rings is 1. The van der Waals surface area contributed by atoms with Crippen LogP contribution in [0, 0.1) is 0 Å². The summed E-state index contributed by atoms with van der Waals surface area (Å²) in [5.74, 6) is -0.235. The lowest BCUT2D eigenvalue weighted by Crippen LogP contribution is -2.53. The molecule has 4 rings (SSSR count). The van der Waals surface area contributed by atoms with E-state index in [-0.39, 0.29) is 18.0 Å². The van der Waals surface area contributed by atoms with Crippen LogP contribution in [0.1, 0.15) is 30.9 Å². The molecule has 8 nitrogen and oxygen atoms in total. The fourth-order valence-electron chi connectivity index (χ4n) is 4.24. The molecule has 0 aliphatic carbocycles. The van der Waals surface area contributed by atoms with Gasteiger partial charge in [-0.1, -0.05) is 41.9 Å². The van der Waals surface area contributed by atoms with E-state index in [1.807, 2.05) is 42.5 Å². The molecular formula is C25H28ClN5O3S. The van der Waals surface area contributed by atoms with E-state index in [0.717, 1.165) is 29.7 Å². The molecule has 1 unspecified atom stereocenters. The number of benzene rings is 2. The molecule has 0 saturated carbocycles. The van der Waals surface area contributed by atoms with E-state index in [4.69, 9.17) is 33.5 Å². The average Bonchev–Trinajstić information content (AvgIpc) is 2.95. The number of ether oxygens (including phenoxy) is 1. The number of carbonyl (C=O) groups excluding carboxylic acids is 2. The molecule has 1 saturated heterocycles. The van der Waals surface area contributed by atoms with Gasteiger partial charge in [-0.05, 0) is 50.2 Å². The Kier molecular flexibility index (Phi) is 7.87. The maximum absolute atomic E-state index is 13.4. The number of rotatable bonds is 4. The number of anilines is 1. The maximum atomic E-state index is 13.4. The van der Waals surface area contributed by atoms with Crippen molar-refractivity contribution in [2.75, 3.05) is 31.6 Å². The molecule has 2 aromatic rings. The third-order valence-electron chi connectivity index (χ3n) is 6.07. The zero-order chi connectivity index (χ0) is 24.9. The van der Waals surface area contributed by atoms with Gasteiger partial charge in [0.2, 0.25) is 6.17 Å². The van der Waals surface area contributed by atoms with Crippen LogP contribution >= 0.6 is 23.8 Å². The smallest absolute Gasteiger partial charge is 0.409 e. The summed E-state index contributed by atoms with van der Waals surface area (Å²) in [6, 6.07) is 15.2. The van der Waals surface area contributed by atoms with E-state index in [1.54, 1.807) is 29.8 Å². The quantitative estimate of drug-likeness (QED) is 0.608. The number of amides is 2. The van der Waals surface area contributed by atoms with Crippen LogP contribution in [-0.4, -0.2) is 66.7 Å². The highest BCUT2D eigenvalue weighted by atomic mass is 35.5. The summed E-state index contributed by atoms with van der Waals surface area (Å²) in [6.07, 6.45) is 0.241. The van der Waals surface area contributed by atoms with E-state index in [9.17, 15) is 9.59 Å². The molecule has 2 N–H and O–H groups in total. The summed E-state index contributed by atoms with van der Waals surface area (Å²) in [6.45, 7) is 3.31. The van der Waals surface area contributed by atoms with Crippen molar-refractivity contribution in [3.8, 4) is 0 Å². The van der Waals surface area contributed by atoms with Gasteiger partial charge in [0.05, 0.1) is 18.0 Å². The number of hydrogen-bond acceptors (Lipinski definition) is 5. The van der Waals surface area contributed by atoms with Gasteiger partial charge in [0.15, 0.2) is 5.11 Å². The number of nitrogens with one attached hydrogen (secondary N) is 2. The topological polar surface area (TPSA) is 86.3 Å². The average molecular weight is 514 g/mol. The monoisotopic (exact) mass is 513 g/mol. The third-order valence-corrected chi connectivity index (χ3v) is 6.54. The van der Waals surface area contributed by atoms with Crippen molar-refractivity contribution >= 4 is 52.3 Å². The minimum absolute atomic E-state index is 0.0767. The molecule has 35 heavy (non-hydrogen) atoms. The summed E-state index contributed by atoms with van der Waals surface area (Å²) in [7, 11) is 1.72. The Bertz CT molecular complexity index is 1140. The zero-order valence-corrected chi connectivity index (χ0v) is 21.2. The molecule has 0 aromatic heterocycles. The Balaban J connectivity index is 1.51. The minimum Gasteiger partial charge on any atom is -0.450 e. The Morgan fingerprint density at radius 3 is 2.57 bits per heavy atom. The predicted octanol–water partition coefficient (Wildman–Crippen LogP) is 3.56. The molecule has 0 radical (unpaired) electrons. The molecule has 2 aromatic carbocycles. The fourth-order valence-corrected chi connectivity index (χ4v) is 4.69. The highest BCUT2D eigenvalue weighted by molar-refractivity contribution is 7.80. The molecule has 184 valence electrons. The number of piperidine rings is 1. The first-order valence-corrected chi connectivity index (χ1v) is 12.4. The van der Waals surface area contributed by atoms with Crippen molar-refractivity contribution in [3.63, 3.8) is 0 Å². The maximum Gasteiger partial charge on any atom is 0.409 e. The number of halogens is 1. The van der Waals surface area contributed by atoms with Gasteiger partial charge in [-0.2, -0.15) is 0 Å². The highest BCUT2D eigenvalue weighted by Crippen LogP contribution is 2.29. The van der Waals surface area contributed by atoms with Crippen molar-refractivity contribution in [2.24, 2.45) is 4.99 Å². The Labute approximate surface area is 215 Å². The fraction of sp³-hybridized carbons (Fsp3) is 0.360. The Hall–Kier alpha value is -3.17. The van der Waals surface area contributed by atoms with E-state index in [2.05, 4.69) is 10.6 Å². The summed E-state index contributed by atoms with van der Waals surface area (Å²) in [5, 5.41) is 7.27. The highest BCUT2D eigenvalue weighted by Gasteiger charge is 2.31. The van der Waals surface area contributed by atoms with Crippen molar-refractivity contribution in [3.05, 3.63) is 64.7 Å². The number of fused-ring (bicyclic) bond motifs is 1. The van der Waals surface area contributed by atoms with Gasteiger partial charge in [0.1, 0.15) is 0 Å². The van der Waals surface area contributed by atoms with Gasteiger partial charge in [-0.3, -0.25) is 4.79 Å². The number of aliphatic imine (C=N–C) groups is 1. The van der Waals surface area contributed by atoms with E-state index >= 15 is 0 Å². The van der Waals surface area contributed by atoms with Gasteiger partial charge < -0.3 is 25.2 Å². The lowest BCUT2D eigenvalue weighted by Gasteiger charge is -2.32. The largest absolute Gasteiger partial charge is 0.450 e. The second-order valence-corrected chi connectivity index (χ2v) is 9.23. The third kappa shape index (κ3) is 5.74. The minimum atomic E-state index is -0.916. The first-order valence-electron chi connectivity index (χ1n) is 11.6. The second-order valence-electron chi connectivity index (χ2n) is 8.38.